The summed E-state index contributed by atoms with van der Waals surface area (Å²) in [5.74, 6) is -2.54. The predicted molar refractivity (Wildman–Crippen MR) is 174 cm³/mol. The van der Waals surface area contributed by atoms with E-state index >= 15 is 0 Å². The fourth-order valence-corrected chi connectivity index (χ4v) is 7.10. The topological polar surface area (TPSA) is 173 Å². The number of likely N-dealkylation sites (tertiary alicyclic amines) is 1. The van der Waals surface area contributed by atoms with Crippen LogP contribution in [0.2, 0.25) is 0 Å². The standard InChI is InChI=1S/C33H42F3N5O8S/c1-30(2,3)25(38-29(45)49-31(4,5)6)27(43)41-17-18(48-23-16-24(33(34,35)36)37-21-10-8-7-9-20(21)23)15-22(41)26(42)39-32(13-14-32)28(44)40-50(46,47)19-11-12-19/h7-10,16,18-19,22,25H,11-15,17H2,1-6H3,(H,38,45)(H,39,42)(H,40,44)/t18-,22+,25-/m1/s1. The van der Waals surface area contributed by atoms with Gasteiger partial charge in [0.05, 0.1) is 17.3 Å². The quantitative estimate of drug-likeness (QED) is 0.348. The zero-order valence-electron chi connectivity index (χ0n) is 28.6. The second kappa shape index (κ2) is 12.9. The number of ether oxygens (including phenoxy) is 2. The van der Waals surface area contributed by atoms with Crippen LogP contribution < -0.4 is 20.1 Å². The molecule has 3 aliphatic rings. The van der Waals surface area contributed by atoms with Gasteiger partial charge in [-0.2, -0.15) is 13.2 Å². The van der Waals surface area contributed by atoms with Gasteiger partial charge in [-0.15, -0.1) is 0 Å². The van der Waals surface area contributed by atoms with Gasteiger partial charge >= 0.3 is 12.3 Å². The molecule has 2 aliphatic carbocycles. The number of aromatic nitrogens is 1. The molecule has 3 atom stereocenters. The highest BCUT2D eigenvalue weighted by atomic mass is 32.2. The van der Waals surface area contributed by atoms with E-state index < -0.39 is 85.7 Å². The lowest BCUT2D eigenvalue weighted by Gasteiger charge is -2.36. The van der Waals surface area contributed by atoms with Crippen LogP contribution in [-0.2, 0) is 35.3 Å². The minimum absolute atomic E-state index is 0.0229. The van der Waals surface area contributed by atoms with E-state index in [4.69, 9.17) is 9.47 Å². The largest absolute Gasteiger partial charge is 0.488 e. The third-order valence-electron chi connectivity index (χ3n) is 8.63. The Morgan fingerprint density at radius 1 is 1.02 bits per heavy atom. The number of pyridine rings is 1. The number of fused-ring (bicyclic) bond motifs is 1. The molecule has 50 heavy (non-hydrogen) atoms. The first-order valence-electron chi connectivity index (χ1n) is 16.3. The highest BCUT2D eigenvalue weighted by Gasteiger charge is 2.55. The fraction of sp³-hybridized carbons (Fsp3) is 0.606. The number of sulfonamides is 1. The zero-order valence-corrected chi connectivity index (χ0v) is 29.5. The molecule has 1 aromatic carbocycles. The summed E-state index contributed by atoms with van der Waals surface area (Å²) in [6.45, 7) is 9.75. The average Bonchev–Trinajstić information content (AvgIpc) is 3.91. The molecule has 2 heterocycles. The van der Waals surface area contributed by atoms with E-state index in [1.165, 1.54) is 18.2 Å². The lowest BCUT2D eigenvalue weighted by molar-refractivity contribution is -0.143. The molecule has 13 nitrogen and oxygen atoms in total. The van der Waals surface area contributed by atoms with Crippen molar-refractivity contribution >= 4 is 44.7 Å². The second-order valence-corrected chi connectivity index (χ2v) is 17.2. The molecule has 4 amide bonds. The molecule has 1 saturated heterocycles. The Bertz CT molecular complexity index is 1800. The summed E-state index contributed by atoms with van der Waals surface area (Å²) in [6.07, 6.45) is -5.73. The Labute approximate surface area is 288 Å². The van der Waals surface area contributed by atoms with Gasteiger partial charge in [0.1, 0.15) is 40.8 Å². The van der Waals surface area contributed by atoms with E-state index in [0.717, 1.165) is 11.0 Å². The Morgan fingerprint density at radius 2 is 1.66 bits per heavy atom. The fourth-order valence-electron chi connectivity index (χ4n) is 5.72. The summed E-state index contributed by atoms with van der Waals surface area (Å²) in [4.78, 5) is 59.0. The normalized spacial score (nSPS) is 21.3. The molecule has 5 rings (SSSR count). The van der Waals surface area contributed by atoms with Gasteiger partial charge in [0.25, 0.3) is 5.91 Å². The van der Waals surface area contributed by atoms with Gasteiger partial charge in [-0.25, -0.2) is 18.2 Å². The molecule has 0 unspecified atom stereocenters. The van der Waals surface area contributed by atoms with Crippen LogP contribution in [-0.4, -0.2) is 83.2 Å². The molecule has 274 valence electrons. The summed E-state index contributed by atoms with van der Waals surface area (Å²) in [6, 6.07) is 4.28. The predicted octanol–water partition coefficient (Wildman–Crippen LogP) is 3.80. The number of nitrogens with zero attached hydrogens (tertiary/aromatic N) is 2. The number of rotatable bonds is 9. The number of benzene rings is 1. The molecular formula is C33H42F3N5O8S. The Kier molecular flexibility index (Phi) is 9.55. The second-order valence-electron chi connectivity index (χ2n) is 15.2. The lowest BCUT2D eigenvalue weighted by atomic mass is 9.85. The van der Waals surface area contributed by atoms with E-state index in [9.17, 15) is 40.8 Å². The maximum atomic E-state index is 14.3. The number of nitrogens with one attached hydrogen (secondary N) is 3. The summed E-state index contributed by atoms with van der Waals surface area (Å²) < 4.78 is 79.9. The molecule has 3 N–H and O–H groups in total. The molecule has 0 radical (unpaired) electrons. The number of carbonyl (C=O) groups excluding carboxylic acids is 4. The van der Waals surface area contributed by atoms with Crippen molar-refractivity contribution in [3.8, 4) is 5.75 Å². The van der Waals surface area contributed by atoms with Crippen molar-refractivity contribution in [1.82, 2.24) is 25.2 Å². The van der Waals surface area contributed by atoms with E-state index in [1.54, 1.807) is 47.6 Å². The highest BCUT2D eigenvalue weighted by molar-refractivity contribution is 7.91. The van der Waals surface area contributed by atoms with Gasteiger partial charge in [-0.3, -0.25) is 19.1 Å². The summed E-state index contributed by atoms with van der Waals surface area (Å²) >= 11 is 0. The molecule has 0 spiro atoms. The van der Waals surface area contributed by atoms with Crippen molar-refractivity contribution in [3.05, 3.63) is 36.0 Å². The highest BCUT2D eigenvalue weighted by Crippen LogP contribution is 2.39. The van der Waals surface area contributed by atoms with Crippen molar-refractivity contribution in [2.75, 3.05) is 6.54 Å². The first-order chi connectivity index (χ1) is 23.0. The smallest absolute Gasteiger partial charge is 0.433 e. The first kappa shape index (κ1) is 37.1. The van der Waals surface area contributed by atoms with Crippen LogP contribution in [0.1, 0.15) is 79.3 Å². The van der Waals surface area contributed by atoms with Gasteiger partial charge in [0.15, 0.2) is 0 Å². The molecule has 1 aliphatic heterocycles. The van der Waals surface area contributed by atoms with Gasteiger partial charge in [0, 0.05) is 17.9 Å². The van der Waals surface area contributed by atoms with Crippen LogP contribution in [0.5, 0.6) is 5.75 Å². The van der Waals surface area contributed by atoms with Crippen molar-refractivity contribution in [2.24, 2.45) is 5.41 Å². The Hall–Kier alpha value is -4.15. The van der Waals surface area contributed by atoms with Gasteiger partial charge in [-0.05, 0) is 64.0 Å². The van der Waals surface area contributed by atoms with E-state index in [1.807, 2.05) is 0 Å². The number of para-hydroxylation sites is 1. The Balaban J connectivity index is 1.45. The summed E-state index contributed by atoms with van der Waals surface area (Å²) in [5, 5.41) is 4.83. The third-order valence-corrected chi connectivity index (χ3v) is 10.4. The van der Waals surface area contributed by atoms with E-state index in [-0.39, 0.29) is 42.5 Å². The number of alkyl halides is 3. The average molecular weight is 726 g/mol. The SMILES string of the molecule is CC(C)(C)OC(=O)N[C@H](C(=O)N1C[C@H](Oc2cc(C(F)(F)F)nc3ccccc23)C[C@H]1C(=O)NC1(C(=O)NS(=O)(=O)C2CC2)CC1)C(C)(C)C. The molecular weight excluding hydrogens is 683 g/mol. The van der Waals surface area contributed by atoms with Crippen LogP contribution in [0, 0.1) is 5.41 Å². The summed E-state index contributed by atoms with van der Waals surface area (Å²) in [5.41, 5.74) is -4.49. The maximum absolute atomic E-state index is 14.3. The molecule has 2 saturated carbocycles. The molecule has 0 bridgehead atoms. The number of alkyl carbamates (subject to hydrolysis) is 1. The van der Waals surface area contributed by atoms with Crippen LogP contribution in [0.4, 0.5) is 18.0 Å². The molecule has 3 fully saturated rings. The van der Waals surface area contributed by atoms with E-state index in [2.05, 4.69) is 20.3 Å². The minimum Gasteiger partial charge on any atom is -0.488 e. The van der Waals surface area contributed by atoms with E-state index in [0.29, 0.717) is 12.8 Å². The first-order valence-corrected chi connectivity index (χ1v) is 17.9. The summed E-state index contributed by atoms with van der Waals surface area (Å²) in [7, 11) is -3.91. The van der Waals surface area contributed by atoms with Crippen LogP contribution in [0.25, 0.3) is 10.9 Å². The van der Waals surface area contributed by atoms with Crippen LogP contribution >= 0.6 is 0 Å². The Morgan fingerprint density at radius 3 is 2.22 bits per heavy atom. The monoisotopic (exact) mass is 725 g/mol. The number of carbonyl (C=O) groups is 4. The number of amides is 4. The van der Waals surface area contributed by atoms with Gasteiger partial charge in [0.2, 0.25) is 21.8 Å². The van der Waals surface area contributed by atoms with Crippen molar-refractivity contribution in [3.63, 3.8) is 0 Å². The number of hydrogen-bond acceptors (Lipinski definition) is 9. The van der Waals surface area contributed by atoms with Gasteiger partial charge < -0.3 is 25.0 Å². The minimum atomic E-state index is -4.79. The van der Waals surface area contributed by atoms with Crippen molar-refractivity contribution in [2.45, 2.75) is 114 Å². The number of halogens is 3. The third kappa shape index (κ3) is 8.41. The zero-order chi connectivity index (χ0) is 37.0. The van der Waals surface area contributed by atoms with Crippen LogP contribution in [0.3, 0.4) is 0 Å². The van der Waals surface area contributed by atoms with Crippen LogP contribution in [0.15, 0.2) is 30.3 Å². The van der Waals surface area contributed by atoms with Crippen molar-refractivity contribution in [1.29, 1.82) is 0 Å². The molecule has 1 aromatic heterocycles. The molecule has 17 heteroatoms. The van der Waals surface area contributed by atoms with Crippen molar-refractivity contribution < 1.29 is 50.2 Å². The number of hydrogen-bond donors (Lipinski definition) is 3. The maximum Gasteiger partial charge on any atom is 0.433 e. The molecule has 2 aromatic rings. The lowest BCUT2D eigenvalue weighted by Crippen LogP contribution is -2.60. The van der Waals surface area contributed by atoms with Gasteiger partial charge in [-0.1, -0.05) is 32.9 Å².